The maximum atomic E-state index is 12.0. The number of aryl methyl sites for hydroxylation is 1. The van der Waals surface area contributed by atoms with Crippen LogP contribution in [0.5, 0.6) is 0 Å². The van der Waals surface area contributed by atoms with Crippen LogP contribution in [-0.2, 0) is 17.1 Å². The number of benzene rings is 1. The smallest absolute Gasteiger partial charge is 0.267 e. The number of amides is 1. The summed E-state index contributed by atoms with van der Waals surface area (Å²) in [7, 11) is -2.72. The van der Waals surface area contributed by atoms with E-state index in [4.69, 9.17) is 16.7 Å². The van der Waals surface area contributed by atoms with Gasteiger partial charge in [0.05, 0.1) is 18.0 Å². The first-order chi connectivity index (χ1) is 10.3. The van der Waals surface area contributed by atoms with Crippen molar-refractivity contribution in [3.8, 4) is 0 Å². The third-order valence-corrected chi connectivity index (χ3v) is 4.04. The molecule has 0 unspecified atom stereocenters. The van der Waals surface area contributed by atoms with Crippen LogP contribution in [0.2, 0.25) is 5.02 Å². The predicted octanol–water partition coefficient (Wildman–Crippen LogP) is 0.485. The van der Waals surface area contributed by atoms with Crippen molar-refractivity contribution in [2.75, 3.05) is 0 Å². The van der Waals surface area contributed by atoms with Gasteiger partial charge < -0.3 is 0 Å². The zero-order valence-corrected chi connectivity index (χ0v) is 13.0. The topological polar surface area (TPSA) is 119 Å². The fraction of sp³-hybridized carbons (Fsp3) is 0.0833. The molecule has 1 amide bonds. The van der Waals surface area contributed by atoms with Crippen LogP contribution in [0, 0.1) is 0 Å². The molecule has 2 rings (SSSR count). The first-order valence-corrected chi connectivity index (χ1v) is 7.86. The molecular weight excluding hydrogens is 330 g/mol. The third-order valence-electron chi connectivity index (χ3n) is 2.67. The van der Waals surface area contributed by atoms with Crippen LogP contribution in [0.25, 0.3) is 0 Å². The Kier molecular flexibility index (Phi) is 4.59. The Hall–Kier alpha value is -2.23. The quantitative estimate of drug-likeness (QED) is 0.621. The van der Waals surface area contributed by atoms with Crippen LogP contribution >= 0.6 is 11.6 Å². The highest BCUT2D eigenvalue weighted by Crippen LogP contribution is 2.13. The summed E-state index contributed by atoms with van der Waals surface area (Å²) in [5.74, 6) is -0.750. The molecule has 0 aliphatic carbocycles. The Morgan fingerprint density at radius 1 is 1.45 bits per heavy atom. The van der Waals surface area contributed by atoms with Gasteiger partial charge in [0.25, 0.3) is 15.9 Å². The minimum absolute atomic E-state index is 0.193. The summed E-state index contributed by atoms with van der Waals surface area (Å²) in [5.41, 5.74) is 2.61. The summed E-state index contributed by atoms with van der Waals surface area (Å²) in [4.78, 5) is 12.0. The van der Waals surface area contributed by atoms with Gasteiger partial charge in [0.15, 0.2) is 5.03 Å². The highest BCUT2D eigenvalue weighted by atomic mass is 35.5. The first kappa shape index (κ1) is 16.1. The van der Waals surface area contributed by atoms with Gasteiger partial charge >= 0.3 is 0 Å². The Bertz CT molecular complexity index is 844. The van der Waals surface area contributed by atoms with Gasteiger partial charge in [-0.2, -0.15) is 10.2 Å². The van der Waals surface area contributed by atoms with Crippen molar-refractivity contribution in [2.45, 2.75) is 5.03 Å². The van der Waals surface area contributed by atoms with Crippen molar-refractivity contribution < 1.29 is 13.2 Å². The lowest BCUT2D eigenvalue weighted by Gasteiger charge is -2.02. The summed E-state index contributed by atoms with van der Waals surface area (Å²) < 4.78 is 23.9. The van der Waals surface area contributed by atoms with Crippen molar-refractivity contribution in [3.05, 3.63) is 46.6 Å². The summed E-state index contributed by atoms with van der Waals surface area (Å²) in [6.07, 6.45) is 2.44. The van der Waals surface area contributed by atoms with Crippen molar-refractivity contribution in [2.24, 2.45) is 17.3 Å². The molecule has 22 heavy (non-hydrogen) atoms. The number of rotatable bonds is 4. The Morgan fingerprint density at radius 2 is 2.14 bits per heavy atom. The second kappa shape index (κ2) is 6.26. The van der Waals surface area contributed by atoms with Crippen LogP contribution in [0.3, 0.4) is 0 Å². The van der Waals surface area contributed by atoms with E-state index in [2.05, 4.69) is 15.6 Å². The van der Waals surface area contributed by atoms with E-state index in [0.717, 1.165) is 10.9 Å². The molecule has 0 aliphatic rings. The molecule has 1 aromatic heterocycles. The molecule has 0 radical (unpaired) electrons. The van der Waals surface area contributed by atoms with Crippen molar-refractivity contribution in [3.63, 3.8) is 0 Å². The number of sulfonamides is 1. The van der Waals surface area contributed by atoms with Crippen LogP contribution in [-0.4, -0.2) is 30.3 Å². The summed E-state index contributed by atoms with van der Waals surface area (Å²) in [6, 6.07) is 6.89. The van der Waals surface area contributed by atoms with Crippen LogP contribution in [0.15, 0.2) is 40.6 Å². The Balaban J connectivity index is 2.20. The number of nitrogens with one attached hydrogen (secondary N) is 1. The maximum absolute atomic E-state index is 12.0. The number of carbonyl (C=O) groups is 1. The number of aromatic nitrogens is 2. The third kappa shape index (κ3) is 3.50. The lowest BCUT2D eigenvalue weighted by atomic mass is 10.2. The van der Waals surface area contributed by atoms with Crippen molar-refractivity contribution >= 4 is 33.7 Å². The van der Waals surface area contributed by atoms with E-state index < -0.39 is 21.0 Å². The number of nitrogens with zero attached hydrogens (tertiary/aromatic N) is 3. The van der Waals surface area contributed by atoms with E-state index in [1.165, 1.54) is 13.3 Å². The fourth-order valence-corrected chi connectivity index (χ4v) is 2.77. The van der Waals surface area contributed by atoms with Crippen molar-refractivity contribution in [1.82, 2.24) is 15.2 Å². The van der Waals surface area contributed by atoms with Gasteiger partial charge in [-0.25, -0.2) is 19.0 Å². The molecule has 0 aliphatic heterocycles. The minimum atomic E-state index is -4.08. The normalized spacial score (nSPS) is 11.8. The molecule has 0 saturated heterocycles. The van der Waals surface area contributed by atoms with Gasteiger partial charge in [-0.1, -0.05) is 29.8 Å². The number of hydrogen-bond donors (Lipinski definition) is 2. The molecule has 10 heteroatoms. The molecule has 0 saturated carbocycles. The Labute approximate surface area is 131 Å². The highest BCUT2D eigenvalue weighted by Gasteiger charge is 2.24. The molecule has 3 N–H and O–H groups in total. The molecule has 0 bridgehead atoms. The van der Waals surface area contributed by atoms with E-state index in [9.17, 15) is 13.2 Å². The molecular formula is C12H12ClN5O3S. The average Bonchev–Trinajstić information content (AvgIpc) is 2.83. The van der Waals surface area contributed by atoms with E-state index in [-0.39, 0.29) is 5.56 Å². The highest BCUT2D eigenvalue weighted by molar-refractivity contribution is 7.89. The molecule has 0 fully saturated rings. The molecule has 0 spiro atoms. The zero-order valence-electron chi connectivity index (χ0n) is 11.4. The minimum Gasteiger partial charge on any atom is -0.267 e. The number of nitrogens with two attached hydrogens (primary N) is 1. The van der Waals surface area contributed by atoms with E-state index >= 15 is 0 Å². The lowest BCUT2D eigenvalue weighted by molar-refractivity contribution is 0.0951. The second-order valence-electron chi connectivity index (χ2n) is 4.25. The number of hydrazone groups is 1. The first-order valence-electron chi connectivity index (χ1n) is 5.93. The summed E-state index contributed by atoms with van der Waals surface area (Å²) in [6.45, 7) is 0. The summed E-state index contributed by atoms with van der Waals surface area (Å²) >= 11 is 5.93. The van der Waals surface area contributed by atoms with Gasteiger partial charge in [0.1, 0.15) is 0 Å². The molecule has 1 aromatic carbocycles. The Morgan fingerprint density at radius 3 is 2.77 bits per heavy atom. The van der Waals surface area contributed by atoms with E-state index in [0.29, 0.717) is 10.6 Å². The molecule has 8 nitrogen and oxygen atoms in total. The molecule has 0 atom stereocenters. The monoisotopic (exact) mass is 341 g/mol. The van der Waals surface area contributed by atoms with Crippen LogP contribution in [0.1, 0.15) is 15.9 Å². The molecule has 2 aromatic rings. The zero-order chi connectivity index (χ0) is 16.3. The van der Waals surface area contributed by atoms with Crippen molar-refractivity contribution in [1.29, 1.82) is 0 Å². The number of hydrogen-bond acceptors (Lipinski definition) is 5. The van der Waals surface area contributed by atoms with Gasteiger partial charge in [0, 0.05) is 17.6 Å². The molecule has 1 heterocycles. The predicted molar refractivity (Wildman–Crippen MR) is 81.1 cm³/mol. The number of halogens is 1. The summed E-state index contributed by atoms with van der Waals surface area (Å²) in [5, 5.41) is 12.6. The molecule has 116 valence electrons. The average molecular weight is 342 g/mol. The van der Waals surface area contributed by atoms with Gasteiger partial charge in [-0.05, 0) is 6.07 Å². The maximum Gasteiger partial charge on any atom is 0.275 e. The SMILES string of the molecule is Cn1ncc(C(=O)N/N=C/c2ccccc2Cl)c1S(N)(=O)=O. The fourth-order valence-electron chi connectivity index (χ4n) is 1.72. The van der Waals surface area contributed by atoms with Crippen LogP contribution in [0.4, 0.5) is 0 Å². The number of primary sulfonamides is 1. The van der Waals surface area contributed by atoms with Gasteiger partial charge in [-0.3, -0.25) is 9.48 Å². The second-order valence-corrected chi connectivity index (χ2v) is 6.14. The van der Waals surface area contributed by atoms with Gasteiger partial charge in [-0.15, -0.1) is 0 Å². The van der Waals surface area contributed by atoms with E-state index in [1.54, 1.807) is 24.3 Å². The standard InChI is InChI=1S/C12H12ClN5O3S/c1-18-12(22(14,20)21)9(7-16-18)11(19)17-15-6-8-4-2-3-5-10(8)13/h2-7H,1H3,(H,17,19)(H2,14,20,21)/b15-6+. The van der Waals surface area contributed by atoms with Gasteiger partial charge in [0.2, 0.25) is 0 Å². The number of carbonyl (C=O) groups excluding carboxylic acids is 1. The van der Waals surface area contributed by atoms with E-state index in [1.807, 2.05) is 0 Å². The lowest BCUT2D eigenvalue weighted by Crippen LogP contribution is -2.24. The largest absolute Gasteiger partial charge is 0.275 e. The van der Waals surface area contributed by atoms with Crippen LogP contribution < -0.4 is 10.6 Å².